The Balaban J connectivity index is 1.72. The summed E-state index contributed by atoms with van der Waals surface area (Å²) in [6.07, 6.45) is 5.89. The maximum atomic E-state index is 12.7. The molecule has 5 heteroatoms. The van der Waals surface area contributed by atoms with Gasteiger partial charge in [-0.1, -0.05) is 6.42 Å². The van der Waals surface area contributed by atoms with Crippen molar-refractivity contribution in [1.29, 1.82) is 0 Å². The summed E-state index contributed by atoms with van der Waals surface area (Å²) in [5.74, 6) is 1.00. The quantitative estimate of drug-likeness (QED) is 0.915. The Hall–Kier alpha value is -1.36. The number of amides is 1. The number of oxazole rings is 1. The van der Waals surface area contributed by atoms with E-state index < -0.39 is 0 Å². The summed E-state index contributed by atoms with van der Waals surface area (Å²) in [5, 5.41) is 3.52. The van der Waals surface area contributed by atoms with E-state index in [9.17, 15) is 4.79 Å². The highest BCUT2D eigenvalue weighted by molar-refractivity contribution is 5.93. The van der Waals surface area contributed by atoms with Crippen LogP contribution >= 0.6 is 0 Å². The van der Waals surface area contributed by atoms with Crippen LogP contribution in [-0.2, 0) is 0 Å². The zero-order valence-corrected chi connectivity index (χ0v) is 12.3. The Morgan fingerprint density at radius 3 is 2.70 bits per heavy atom. The molecule has 0 bridgehead atoms. The maximum Gasteiger partial charge on any atom is 0.291 e. The number of nitrogens with zero attached hydrogens (tertiary/aromatic N) is 2. The Morgan fingerprint density at radius 2 is 2.15 bits per heavy atom. The van der Waals surface area contributed by atoms with Crippen LogP contribution in [0.3, 0.4) is 0 Å². The lowest BCUT2D eigenvalue weighted by Gasteiger charge is -2.30. The zero-order chi connectivity index (χ0) is 14.1. The fraction of sp³-hybridized carbons (Fsp3) is 0.733. The van der Waals surface area contributed by atoms with Crippen molar-refractivity contribution in [3.05, 3.63) is 17.3 Å². The molecular weight excluding hydrogens is 254 g/mol. The summed E-state index contributed by atoms with van der Waals surface area (Å²) in [6.45, 7) is 5.49. The van der Waals surface area contributed by atoms with Gasteiger partial charge in [0.25, 0.3) is 5.91 Å². The van der Waals surface area contributed by atoms with Crippen LogP contribution in [0.15, 0.2) is 4.42 Å². The number of nitrogens with one attached hydrogen (secondary N) is 1. The van der Waals surface area contributed by atoms with E-state index in [2.05, 4.69) is 10.3 Å². The van der Waals surface area contributed by atoms with Crippen molar-refractivity contribution in [1.82, 2.24) is 15.2 Å². The van der Waals surface area contributed by atoms with Gasteiger partial charge in [0, 0.05) is 25.6 Å². The molecule has 0 radical (unpaired) electrons. The minimum Gasteiger partial charge on any atom is -0.436 e. The van der Waals surface area contributed by atoms with Gasteiger partial charge in [0.15, 0.2) is 5.89 Å². The minimum atomic E-state index is 0.0120. The van der Waals surface area contributed by atoms with Crippen LogP contribution in [0.1, 0.15) is 54.2 Å². The number of carbonyl (C=O) groups is 1. The number of aryl methyl sites for hydroxylation is 2. The molecule has 1 unspecified atom stereocenters. The average Bonchev–Trinajstić information content (AvgIpc) is 3.22. The molecule has 2 fully saturated rings. The second kappa shape index (κ2) is 5.56. The molecule has 1 aromatic rings. The summed E-state index contributed by atoms with van der Waals surface area (Å²) < 4.78 is 5.50. The van der Waals surface area contributed by atoms with Crippen LogP contribution in [-0.4, -0.2) is 41.0 Å². The molecule has 0 aromatic carbocycles. The van der Waals surface area contributed by atoms with Gasteiger partial charge < -0.3 is 14.6 Å². The highest BCUT2D eigenvalue weighted by Crippen LogP contribution is 2.29. The van der Waals surface area contributed by atoms with Gasteiger partial charge in [0.05, 0.1) is 5.69 Å². The van der Waals surface area contributed by atoms with Gasteiger partial charge in [0.1, 0.15) is 0 Å². The summed E-state index contributed by atoms with van der Waals surface area (Å²) in [6, 6.07) is 0.827. The molecular formula is C15H23N3O2. The predicted molar refractivity (Wildman–Crippen MR) is 75.7 cm³/mol. The fourth-order valence-corrected chi connectivity index (χ4v) is 2.96. The van der Waals surface area contributed by atoms with Crippen LogP contribution in [0.2, 0.25) is 0 Å². The summed E-state index contributed by atoms with van der Waals surface area (Å²) in [7, 11) is 0. The van der Waals surface area contributed by atoms with E-state index in [4.69, 9.17) is 4.42 Å². The number of carbonyl (C=O) groups excluding carboxylic acids is 1. The zero-order valence-electron chi connectivity index (χ0n) is 12.3. The Bertz CT molecular complexity index is 487. The maximum absolute atomic E-state index is 12.7. The van der Waals surface area contributed by atoms with Crippen LogP contribution in [0.5, 0.6) is 0 Å². The molecule has 0 spiro atoms. The number of aromatic nitrogens is 1. The van der Waals surface area contributed by atoms with Gasteiger partial charge in [-0.05, 0) is 39.2 Å². The molecule has 2 aliphatic rings. The van der Waals surface area contributed by atoms with E-state index in [1.54, 1.807) is 6.92 Å². The van der Waals surface area contributed by atoms with Crippen LogP contribution in [0.4, 0.5) is 0 Å². The van der Waals surface area contributed by atoms with E-state index in [-0.39, 0.29) is 5.91 Å². The first-order valence-corrected chi connectivity index (χ1v) is 7.63. The van der Waals surface area contributed by atoms with Crippen LogP contribution in [0.25, 0.3) is 0 Å². The minimum absolute atomic E-state index is 0.0120. The van der Waals surface area contributed by atoms with Gasteiger partial charge in [-0.3, -0.25) is 4.79 Å². The van der Waals surface area contributed by atoms with Gasteiger partial charge in [-0.2, -0.15) is 0 Å². The topological polar surface area (TPSA) is 58.4 Å². The van der Waals surface area contributed by atoms with Gasteiger partial charge in [-0.15, -0.1) is 0 Å². The number of hydrogen-bond donors (Lipinski definition) is 1. The third kappa shape index (κ3) is 2.87. The molecule has 110 valence electrons. The lowest BCUT2D eigenvalue weighted by molar-refractivity contribution is 0.0683. The van der Waals surface area contributed by atoms with Gasteiger partial charge >= 0.3 is 0 Å². The first kappa shape index (κ1) is 13.6. The Morgan fingerprint density at radius 1 is 1.35 bits per heavy atom. The van der Waals surface area contributed by atoms with Crippen LogP contribution in [0, 0.1) is 13.8 Å². The van der Waals surface area contributed by atoms with Crippen molar-refractivity contribution in [3.8, 4) is 0 Å². The molecule has 2 heterocycles. The van der Waals surface area contributed by atoms with Crippen LogP contribution < -0.4 is 5.32 Å². The largest absolute Gasteiger partial charge is 0.436 e. The van der Waals surface area contributed by atoms with E-state index in [1.807, 2.05) is 11.8 Å². The number of piperidine rings is 1. The second-order valence-electron chi connectivity index (χ2n) is 5.98. The lowest BCUT2D eigenvalue weighted by atomic mass is 10.0. The first-order valence-electron chi connectivity index (χ1n) is 7.63. The first-order chi connectivity index (χ1) is 9.65. The molecule has 1 amide bonds. The third-order valence-electron chi connectivity index (χ3n) is 4.18. The van der Waals surface area contributed by atoms with Crippen molar-refractivity contribution in [2.45, 2.75) is 58.0 Å². The SMILES string of the molecule is Cc1nc(C)c(C(=O)N(CC2CCCCN2)C2CC2)o1. The lowest BCUT2D eigenvalue weighted by Crippen LogP contribution is -2.46. The average molecular weight is 277 g/mol. The van der Waals surface area contributed by atoms with Gasteiger partial charge in [0.2, 0.25) is 5.76 Å². The molecule has 1 aromatic heterocycles. The summed E-state index contributed by atoms with van der Waals surface area (Å²) in [4.78, 5) is 18.9. The van der Waals surface area contributed by atoms with E-state index >= 15 is 0 Å². The van der Waals surface area contributed by atoms with Crippen molar-refractivity contribution >= 4 is 5.91 Å². The highest BCUT2D eigenvalue weighted by atomic mass is 16.4. The summed E-state index contributed by atoms with van der Waals surface area (Å²) in [5.41, 5.74) is 0.703. The highest BCUT2D eigenvalue weighted by Gasteiger charge is 2.36. The number of rotatable bonds is 4. The second-order valence-corrected chi connectivity index (χ2v) is 5.98. The molecule has 5 nitrogen and oxygen atoms in total. The fourth-order valence-electron chi connectivity index (χ4n) is 2.96. The molecule has 1 saturated carbocycles. The standard InChI is InChI=1S/C15H23N3O2/c1-10-14(20-11(2)17-10)15(19)18(13-6-7-13)9-12-5-3-4-8-16-12/h12-13,16H,3-9H2,1-2H3. The molecule has 1 atom stereocenters. The van der Waals surface area contributed by atoms with E-state index in [1.165, 1.54) is 12.8 Å². The molecule has 1 saturated heterocycles. The third-order valence-corrected chi connectivity index (χ3v) is 4.18. The molecule has 20 heavy (non-hydrogen) atoms. The van der Waals surface area contributed by atoms with Crippen molar-refractivity contribution in [2.24, 2.45) is 0 Å². The molecule has 1 aliphatic heterocycles. The predicted octanol–water partition coefficient (Wildman–Crippen LogP) is 2.04. The van der Waals surface area contributed by atoms with Crippen molar-refractivity contribution < 1.29 is 9.21 Å². The molecule has 1 N–H and O–H groups in total. The van der Waals surface area contributed by atoms with E-state index in [0.29, 0.717) is 29.4 Å². The van der Waals surface area contributed by atoms with Crippen molar-refractivity contribution in [3.63, 3.8) is 0 Å². The molecule has 1 aliphatic carbocycles. The smallest absolute Gasteiger partial charge is 0.291 e. The van der Waals surface area contributed by atoms with Crippen molar-refractivity contribution in [2.75, 3.05) is 13.1 Å². The number of hydrogen-bond acceptors (Lipinski definition) is 4. The monoisotopic (exact) mass is 277 g/mol. The summed E-state index contributed by atoms with van der Waals surface area (Å²) >= 11 is 0. The Labute approximate surface area is 119 Å². The normalized spacial score (nSPS) is 22.8. The van der Waals surface area contributed by atoms with Gasteiger partial charge in [-0.25, -0.2) is 4.98 Å². The Kier molecular flexibility index (Phi) is 3.78. The molecule has 3 rings (SSSR count). The van der Waals surface area contributed by atoms with E-state index in [0.717, 1.165) is 32.4 Å².